The van der Waals surface area contributed by atoms with Gasteiger partial charge in [0, 0.05) is 12.7 Å². The topological polar surface area (TPSA) is 108 Å². The predicted molar refractivity (Wildman–Crippen MR) is 121 cm³/mol. The van der Waals surface area contributed by atoms with Crippen molar-refractivity contribution < 1.29 is 18.3 Å². The number of carboxylic acid groups (broad SMARTS) is 1. The highest BCUT2D eigenvalue weighted by Gasteiger charge is 2.23. The molecule has 1 atom stereocenters. The molecule has 0 aliphatic carbocycles. The lowest BCUT2D eigenvalue weighted by Gasteiger charge is -2.14. The van der Waals surface area contributed by atoms with Crippen LogP contribution < -0.4 is 10.0 Å². The summed E-state index contributed by atoms with van der Waals surface area (Å²) in [6, 6.07) is 20.1. The van der Waals surface area contributed by atoms with Crippen LogP contribution in [0.5, 0.6) is 0 Å². The third kappa shape index (κ3) is 6.63. The SMILES string of the molecule is CCS(=O)(=O)N[C@@H](Cc1ccc(-c2cccc(CNc3ccccn3)c2)cc1)C(=O)O. The predicted octanol–water partition coefficient (Wildman–Crippen LogP) is 3.30. The van der Waals surface area contributed by atoms with Crippen LogP contribution in [0.2, 0.25) is 0 Å². The number of hydrogen-bond donors (Lipinski definition) is 3. The molecular formula is C23H25N3O4S. The highest BCUT2D eigenvalue weighted by molar-refractivity contribution is 7.89. The molecule has 2 aromatic carbocycles. The Balaban J connectivity index is 1.68. The van der Waals surface area contributed by atoms with Gasteiger partial charge in [0.1, 0.15) is 11.9 Å². The lowest BCUT2D eigenvalue weighted by molar-refractivity contribution is -0.138. The normalized spacial score (nSPS) is 12.3. The molecule has 0 aliphatic rings. The van der Waals surface area contributed by atoms with Crippen LogP contribution in [0.25, 0.3) is 11.1 Å². The number of aliphatic carboxylic acids is 1. The number of rotatable bonds is 10. The molecule has 0 bridgehead atoms. The van der Waals surface area contributed by atoms with E-state index in [4.69, 9.17) is 0 Å². The second kappa shape index (κ2) is 10.2. The molecule has 0 aliphatic heterocycles. The highest BCUT2D eigenvalue weighted by Crippen LogP contribution is 2.22. The Morgan fingerprint density at radius 1 is 1.00 bits per heavy atom. The second-order valence-corrected chi connectivity index (χ2v) is 9.12. The summed E-state index contributed by atoms with van der Waals surface area (Å²) < 4.78 is 25.7. The van der Waals surface area contributed by atoms with Gasteiger partial charge in [-0.3, -0.25) is 4.79 Å². The maximum Gasteiger partial charge on any atom is 0.322 e. The summed E-state index contributed by atoms with van der Waals surface area (Å²) in [5, 5.41) is 12.6. The van der Waals surface area contributed by atoms with Crippen molar-refractivity contribution >= 4 is 21.8 Å². The first-order valence-corrected chi connectivity index (χ1v) is 11.6. The quantitative estimate of drug-likeness (QED) is 0.447. The van der Waals surface area contributed by atoms with Gasteiger partial charge >= 0.3 is 5.97 Å². The number of carboxylic acids is 1. The zero-order valence-corrected chi connectivity index (χ0v) is 18.0. The van der Waals surface area contributed by atoms with Crippen molar-refractivity contribution in [1.29, 1.82) is 0 Å². The summed E-state index contributed by atoms with van der Waals surface area (Å²) in [5.41, 5.74) is 3.87. The second-order valence-electron chi connectivity index (χ2n) is 7.08. The van der Waals surface area contributed by atoms with E-state index in [2.05, 4.69) is 21.1 Å². The van der Waals surface area contributed by atoms with Gasteiger partial charge in [0.05, 0.1) is 5.75 Å². The third-order valence-electron chi connectivity index (χ3n) is 4.79. The van der Waals surface area contributed by atoms with Crippen LogP contribution in [0.15, 0.2) is 72.9 Å². The Morgan fingerprint density at radius 3 is 2.42 bits per heavy atom. The summed E-state index contributed by atoms with van der Waals surface area (Å²) in [5.74, 6) is -0.556. The van der Waals surface area contributed by atoms with E-state index in [1.165, 1.54) is 6.92 Å². The van der Waals surface area contributed by atoms with Crippen LogP contribution in [-0.4, -0.2) is 36.3 Å². The Bertz CT molecular complexity index is 1120. The van der Waals surface area contributed by atoms with Gasteiger partial charge in [-0.05, 0) is 53.8 Å². The average molecular weight is 440 g/mol. The summed E-state index contributed by atoms with van der Waals surface area (Å²) in [7, 11) is -3.61. The number of sulfonamides is 1. The Morgan fingerprint density at radius 2 is 1.77 bits per heavy atom. The number of hydrogen-bond acceptors (Lipinski definition) is 5. The molecule has 0 saturated heterocycles. The number of nitrogens with one attached hydrogen (secondary N) is 2. The highest BCUT2D eigenvalue weighted by atomic mass is 32.2. The van der Waals surface area contributed by atoms with Crippen LogP contribution in [-0.2, 0) is 27.8 Å². The summed E-state index contributed by atoms with van der Waals surface area (Å²) >= 11 is 0. The first-order valence-electron chi connectivity index (χ1n) is 9.92. The van der Waals surface area contributed by atoms with Crippen LogP contribution in [0.1, 0.15) is 18.1 Å². The van der Waals surface area contributed by atoms with Gasteiger partial charge in [0.15, 0.2) is 0 Å². The molecule has 1 heterocycles. The zero-order chi connectivity index (χ0) is 22.3. The van der Waals surface area contributed by atoms with Gasteiger partial charge in [-0.1, -0.05) is 48.5 Å². The molecule has 3 aromatic rings. The maximum absolute atomic E-state index is 11.7. The molecule has 1 aromatic heterocycles. The first kappa shape index (κ1) is 22.5. The molecule has 0 spiro atoms. The minimum absolute atomic E-state index is 0.0723. The van der Waals surface area contributed by atoms with E-state index < -0.39 is 22.0 Å². The lowest BCUT2D eigenvalue weighted by Crippen LogP contribution is -2.42. The van der Waals surface area contributed by atoms with E-state index in [1.807, 2.05) is 60.7 Å². The van der Waals surface area contributed by atoms with Crippen molar-refractivity contribution in [3.8, 4) is 11.1 Å². The number of anilines is 1. The molecule has 7 nitrogen and oxygen atoms in total. The van der Waals surface area contributed by atoms with Gasteiger partial charge in [-0.25, -0.2) is 18.1 Å². The number of benzene rings is 2. The van der Waals surface area contributed by atoms with Gasteiger partial charge in [-0.2, -0.15) is 0 Å². The molecule has 0 radical (unpaired) electrons. The van der Waals surface area contributed by atoms with Gasteiger partial charge in [0.25, 0.3) is 0 Å². The molecule has 0 fully saturated rings. The van der Waals surface area contributed by atoms with Crippen molar-refractivity contribution in [2.24, 2.45) is 0 Å². The molecule has 0 amide bonds. The fourth-order valence-corrected chi connectivity index (χ4v) is 3.85. The fraction of sp³-hybridized carbons (Fsp3) is 0.217. The van der Waals surface area contributed by atoms with Crippen LogP contribution in [0.4, 0.5) is 5.82 Å². The van der Waals surface area contributed by atoms with Crippen LogP contribution >= 0.6 is 0 Å². The zero-order valence-electron chi connectivity index (χ0n) is 17.2. The average Bonchev–Trinajstić information content (AvgIpc) is 2.78. The summed E-state index contributed by atoms with van der Waals surface area (Å²) in [6.45, 7) is 2.11. The third-order valence-corrected chi connectivity index (χ3v) is 6.20. The molecule has 3 rings (SSSR count). The van der Waals surface area contributed by atoms with Crippen molar-refractivity contribution in [3.63, 3.8) is 0 Å². The smallest absolute Gasteiger partial charge is 0.322 e. The monoisotopic (exact) mass is 439 g/mol. The Labute approximate surface area is 182 Å². The Kier molecular flexibility index (Phi) is 7.38. The van der Waals surface area contributed by atoms with Gasteiger partial charge in [-0.15, -0.1) is 0 Å². The lowest BCUT2D eigenvalue weighted by atomic mass is 9.99. The van der Waals surface area contributed by atoms with E-state index in [9.17, 15) is 18.3 Å². The van der Waals surface area contributed by atoms with Crippen molar-refractivity contribution in [1.82, 2.24) is 9.71 Å². The van der Waals surface area contributed by atoms with Gasteiger partial charge in [0.2, 0.25) is 10.0 Å². The fourth-order valence-electron chi connectivity index (χ4n) is 3.07. The summed E-state index contributed by atoms with van der Waals surface area (Å²) in [4.78, 5) is 15.7. The van der Waals surface area contributed by atoms with Crippen molar-refractivity contribution in [2.45, 2.75) is 25.9 Å². The number of pyridine rings is 1. The van der Waals surface area contributed by atoms with E-state index >= 15 is 0 Å². The minimum atomic E-state index is -3.61. The van der Waals surface area contributed by atoms with Crippen molar-refractivity contribution in [3.05, 3.63) is 84.1 Å². The molecule has 0 saturated carbocycles. The van der Waals surface area contributed by atoms with Crippen molar-refractivity contribution in [2.75, 3.05) is 11.1 Å². The molecule has 8 heteroatoms. The minimum Gasteiger partial charge on any atom is -0.480 e. The van der Waals surface area contributed by atoms with E-state index in [0.717, 1.165) is 28.1 Å². The summed E-state index contributed by atoms with van der Waals surface area (Å²) in [6.07, 6.45) is 1.81. The van der Waals surface area contributed by atoms with Crippen LogP contribution in [0.3, 0.4) is 0 Å². The number of carbonyl (C=O) groups is 1. The molecule has 31 heavy (non-hydrogen) atoms. The number of nitrogens with zero attached hydrogens (tertiary/aromatic N) is 1. The van der Waals surface area contributed by atoms with E-state index in [-0.39, 0.29) is 12.2 Å². The van der Waals surface area contributed by atoms with E-state index in [0.29, 0.717) is 6.54 Å². The van der Waals surface area contributed by atoms with E-state index in [1.54, 1.807) is 6.20 Å². The standard InChI is InChI=1S/C23H25N3O4S/c1-2-31(29,30)26-21(23(27)28)15-17-9-11-19(12-10-17)20-7-5-6-18(14-20)16-25-22-8-3-4-13-24-22/h3-14,21,26H,2,15-16H2,1H3,(H,24,25)(H,27,28)/t21-/m0/s1. The maximum atomic E-state index is 11.7. The molecule has 0 unspecified atom stereocenters. The molecule has 3 N–H and O–H groups in total. The number of aromatic nitrogens is 1. The van der Waals surface area contributed by atoms with Gasteiger partial charge < -0.3 is 10.4 Å². The Hall–Kier alpha value is -3.23. The first-order chi connectivity index (χ1) is 14.9. The molecule has 162 valence electrons. The molecular weight excluding hydrogens is 414 g/mol. The van der Waals surface area contributed by atoms with Crippen LogP contribution in [0, 0.1) is 0 Å². The largest absolute Gasteiger partial charge is 0.480 e.